The molecular formula is C27H32F3N7O3. The highest BCUT2D eigenvalue weighted by Gasteiger charge is 2.29. The van der Waals surface area contributed by atoms with Gasteiger partial charge in [-0.05, 0) is 60.3 Å². The highest BCUT2D eigenvalue weighted by atomic mass is 19.4. The first-order valence-electron chi connectivity index (χ1n) is 12.8. The van der Waals surface area contributed by atoms with Crippen LogP contribution in [0.2, 0.25) is 0 Å². The fourth-order valence-electron chi connectivity index (χ4n) is 3.72. The second-order valence-corrected chi connectivity index (χ2v) is 10.1. The van der Waals surface area contributed by atoms with Crippen LogP contribution < -0.4 is 30.7 Å². The number of amides is 1. The molecule has 0 radical (unpaired) electrons. The van der Waals surface area contributed by atoms with E-state index in [1.54, 1.807) is 24.3 Å². The number of nitrogens with one attached hydrogen (secondary N) is 4. The van der Waals surface area contributed by atoms with E-state index in [0.717, 1.165) is 30.8 Å². The predicted octanol–water partition coefficient (Wildman–Crippen LogP) is 4.30. The maximum Gasteiger partial charge on any atom is 0.422 e. The van der Waals surface area contributed by atoms with Crippen LogP contribution in [0, 0.1) is 5.41 Å². The van der Waals surface area contributed by atoms with Crippen LogP contribution >= 0.6 is 0 Å². The van der Waals surface area contributed by atoms with E-state index < -0.39 is 18.8 Å². The van der Waals surface area contributed by atoms with Gasteiger partial charge in [-0.15, -0.1) is 0 Å². The number of rotatable bonds is 2. The Kier molecular flexibility index (Phi) is 9.25. The van der Waals surface area contributed by atoms with Gasteiger partial charge >= 0.3 is 12.2 Å². The number of halogens is 3. The van der Waals surface area contributed by atoms with E-state index in [1.807, 2.05) is 24.3 Å². The van der Waals surface area contributed by atoms with Crippen LogP contribution in [0.25, 0.3) is 0 Å². The second kappa shape index (κ2) is 12.8. The lowest BCUT2D eigenvalue weighted by Gasteiger charge is -2.25. The van der Waals surface area contributed by atoms with Crippen molar-refractivity contribution in [2.45, 2.75) is 33.0 Å². The largest absolute Gasteiger partial charge is 0.494 e. The molecule has 13 heteroatoms. The minimum atomic E-state index is -4.56. The van der Waals surface area contributed by atoms with Gasteiger partial charge in [-0.3, -0.25) is 4.79 Å². The molecule has 1 aromatic heterocycles. The van der Waals surface area contributed by atoms with Gasteiger partial charge < -0.3 is 30.7 Å². The van der Waals surface area contributed by atoms with E-state index in [-0.39, 0.29) is 23.2 Å². The smallest absolute Gasteiger partial charge is 0.422 e. The number of alkyl halides is 3. The van der Waals surface area contributed by atoms with Crippen LogP contribution in [0.3, 0.4) is 0 Å². The van der Waals surface area contributed by atoms with Crippen molar-refractivity contribution in [3.8, 4) is 11.8 Å². The lowest BCUT2D eigenvalue weighted by molar-refractivity contribution is -0.154. The van der Waals surface area contributed by atoms with E-state index in [4.69, 9.17) is 9.47 Å². The Balaban J connectivity index is 1.56. The molecule has 6 bridgehead atoms. The van der Waals surface area contributed by atoms with E-state index in [0.29, 0.717) is 30.9 Å². The number of ether oxygens (including phenoxy) is 2. The zero-order valence-electron chi connectivity index (χ0n) is 22.3. The molecule has 1 amide bonds. The third kappa shape index (κ3) is 9.26. The zero-order chi connectivity index (χ0) is 28.6. The number of anilines is 3. The molecule has 4 aliphatic rings. The van der Waals surface area contributed by atoms with Crippen molar-refractivity contribution < 1.29 is 27.4 Å². The summed E-state index contributed by atoms with van der Waals surface area (Å²) in [4.78, 5) is 24.9. The summed E-state index contributed by atoms with van der Waals surface area (Å²) in [6.45, 7) is 5.40. The van der Waals surface area contributed by atoms with Crippen molar-refractivity contribution in [1.82, 2.24) is 25.6 Å². The van der Waals surface area contributed by atoms with E-state index in [2.05, 4.69) is 50.1 Å². The molecule has 0 aliphatic carbocycles. The first kappa shape index (κ1) is 28.9. The van der Waals surface area contributed by atoms with Crippen molar-refractivity contribution >= 4 is 23.5 Å². The third-order valence-corrected chi connectivity index (χ3v) is 5.85. The van der Waals surface area contributed by atoms with Gasteiger partial charge in [0.05, 0.1) is 6.61 Å². The maximum atomic E-state index is 12.7. The van der Waals surface area contributed by atoms with Gasteiger partial charge in [0, 0.05) is 30.9 Å². The number of benzene rings is 2. The standard InChI is InChI=1S/C27H32F3N7O3/c1-26(2)15-31-12-3-13-39-21-10-4-18(5-11-21)14-32-23-35-24(37-25(36-23)40-17-27(28,29)30)34-20-8-6-19(7-9-20)22(38)33-16-26/h4-11,31H,3,12-17H2,1-2H3,(H,33,38)(H2,32,34,35,36,37). The van der Waals surface area contributed by atoms with Gasteiger partial charge in [0.15, 0.2) is 6.61 Å². The number of nitrogens with zero attached hydrogens (tertiary/aromatic N) is 3. The summed E-state index contributed by atoms with van der Waals surface area (Å²) < 4.78 is 48.8. The first-order valence-corrected chi connectivity index (χ1v) is 12.8. The zero-order valence-corrected chi connectivity index (χ0v) is 22.3. The minimum Gasteiger partial charge on any atom is -0.494 e. The summed E-state index contributed by atoms with van der Waals surface area (Å²) in [6.07, 6.45) is -3.75. The summed E-state index contributed by atoms with van der Waals surface area (Å²) in [6, 6.07) is 13.5. The van der Waals surface area contributed by atoms with Crippen molar-refractivity contribution in [3.63, 3.8) is 0 Å². The number of hydrogen-bond acceptors (Lipinski definition) is 9. The molecule has 0 saturated carbocycles. The molecule has 40 heavy (non-hydrogen) atoms. The van der Waals surface area contributed by atoms with Crippen LogP contribution in [0.5, 0.6) is 11.8 Å². The number of carbonyl (C=O) groups is 1. The van der Waals surface area contributed by atoms with Crippen LogP contribution in [0.1, 0.15) is 36.2 Å². The molecule has 0 fully saturated rings. The molecule has 10 nitrogen and oxygen atoms in total. The van der Waals surface area contributed by atoms with Gasteiger partial charge in [-0.25, -0.2) is 0 Å². The Bertz CT molecular complexity index is 1270. The molecule has 0 spiro atoms. The second-order valence-electron chi connectivity index (χ2n) is 10.1. The number of aromatic nitrogens is 3. The van der Waals surface area contributed by atoms with Gasteiger partial charge in [-0.1, -0.05) is 26.0 Å². The van der Waals surface area contributed by atoms with Crippen LogP contribution in [0.15, 0.2) is 48.5 Å². The molecule has 214 valence electrons. The molecule has 7 rings (SSSR count). The van der Waals surface area contributed by atoms with Crippen LogP contribution in [-0.4, -0.2) is 59.9 Å². The maximum absolute atomic E-state index is 12.7. The predicted molar refractivity (Wildman–Crippen MR) is 144 cm³/mol. The average molecular weight is 560 g/mol. The van der Waals surface area contributed by atoms with Crippen molar-refractivity contribution in [3.05, 3.63) is 59.7 Å². The minimum absolute atomic E-state index is 0.0237. The highest BCUT2D eigenvalue weighted by molar-refractivity contribution is 5.94. The first-order chi connectivity index (χ1) is 19.0. The number of carbonyl (C=O) groups excluding carboxylic acids is 1. The molecular weight excluding hydrogens is 527 g/mol. The monoisotopic (exact) mass is 559 g/mol. The molecule has 3 aromatic rings. The summed E-state index contributed by atoms with van der Waals surface area (Å²) in [5.74, 6) is 0.499. The lowest BCUT2D eigenvalue weighted by Crippen LogP contribution is -2.40. The fraction of sp³-hybridized carbons (Fsp3) is 0.407. The Hall–Kier alpha value is -4.13. The Morgan fingerprint density at radius 2 is 1.68 bits per heavy atom. The van der Waals surface area contributed by atoms with E-state index in [1.165, 1.54) is 0 Å². The number of hydrogen-bond donors (Lipinski definition) is 4. The van der Waals surface area contributed by atoms with Gasteiger partial charge in [0.2, 0.25) is 11.9 Å². The molecule has 0 unspecified atom stereocenters. The quantitative estimate of drug-likeness (QED) is 0.364. The van der Waals surface area contributed by atoms with Crippen molar-refractivity contribution in [2.24, 2.45) is 5.41 Å². The van der Waals surface area contributed by atoms with Gasteiger partial charge in [0.1, 0.15) is 5.75 Å². The van der Waals surface area contributed by atoms with Crippen LogP contribution in [-0.2, 0) is 6.54 Å². The highest BCUT2D eigenvalue weighted by Crippen LogP contribution is 2.21. The molecule has 4 aliphatic heterocycles. The Morgan fingerprint density at radius 3 is 2.40 bits per heavy atom. The molecule has 5 heterocycles. The molecule has 4 N–H and O–H groups in total. The normalized spacial score (nSPS) is 16.6. The molecule has 2 aromatic carbocycles. The summed E-state index contributed by atoms with van der Waals surface area (Å²) >= 11 is 0. The summed E-state index contributed by atoms with van der Waals surface area (Å²) in [5, 5.41) is 12.3. The molecule has 0 atom stereocenters. The van der Waals surface area contributed by atoms with Gasteiger partial charge in [-0.2, -0.15) is 28.1 Å². The fourth-order valence-corrected chi connectivity index (χ4v) is 3.72. The van der Waals surface area contributed by atoms with Crippen molar-refractivity contribution in [2.75, 3.05) is 43.5 Å². The third-order valence-electron chi connectivity index (χ3n) is 5.85. The Morgan fingerprint density at radius 1 is 0.950 bits per heavy atom. The lowest BCUT2D eigenvalue weighted by atomic mass is 9.93. The average Bonchev–Trinajstić information content (AvgIpc) is 2.91. The summed E-state index contributed by atoms with van der Waals surface area (Å²) in [7, 11) is 0. The summed E-state index contributed by atoms with van der Waals surface area (Å²) in [5.41, 5.74) is 1.69. The van der Waals surface area contributed by atoms with E-state index in [9.17, 15) is 18.0 Å². The SMILES string of the molecule is CC1(C)CNCCCOc2ccc(cc2)CNc2nc(nc(OCC(F)(F)F)n2)Nc2ccc(cc2)C(=O)NC1. The van der Waals surface area contributed by atoms with E-state index >= 15 is 0 Å². The topological polar surface area (TPSA) is 122 Å². The van der Waals surface area contributed by atoms with Gasteiger partial charge in [0.25, 0.3) is 5.91 Å². The van der Waals surface area contributed by atoms with Crippen LogP contribution in [0.4, 0.5) is 30.8 Å². The molecule has 0 saturated heterocycles. The Labute approximate surface area is 230 Å². The van der Waals surface area contributed by atoms with Crippen molar-refractivity contribution in [1.29, 1.82) is 0 Å².